The van der Waals surface area contributed by atoms with E-state index in [0.29, 0.717) is 0 Å². The van der Waals surface area contributed by atoms with Gasteiger partial charge in [0.1, 0.15) is 0 Å². The number of H-pyrrole nitrogens is 1. The monoisotopic (exact) mass is 278 g/mol. The Morgan fingerprint density at radius 1 is 1.11 bits per heavy atom. The second-order valence-electron chi connectivity index (χ2n) is 5.82. The minimum Gasteiger partial charge on any atom is -0.301 e. The molecular weight excluding hydrogens is 256 g/mol. The molecule has 0 unspecified atom stereocenters. The van der Waals surface area contributed by atoms with E-state index in [-0.39, 0.29) is 5.56 Å². The molecule has 104 valence electrons. The fourth-order valence-electron chi connectivity index (χ4n) is 3.20. The summed E-state index contributed by atoms with van der Waals surface area (Å²) in [5, 5.41) is 0.844. The Morgan fingerprint density at radius 3 is 2.74 bits per heavy atom. The van der Waals surface area contributed by atoms with Crippen molar-refractivity contribution in [1.82, 2.24) is 9.97 Å². The van der Waals surface area contributed by atoms with E-state index in [1.807, 2.05) is 0 Å². The highest BCUT2D eigenvalue weighted by Crippen LogP contribution is 2.29. The molecule has 0 aliphatic heterocycles. The molecule has 4 heteroatoms. The van der Waals surface area contributed by atoms with Gasteiger partial charge in [-0.3, -0.25) is 4.79 Å². The number of nitrogens with one attached hydrogen (secondary N) is 1. The number of hydrogen-bond acceptors (Lipinski definition) is 3. The Labute approximate surface area is 118 Å². The molecule has 0 atom stereocenters. The molecule has 0 amide bonds. The van der Waals surface area contributed by atoms with Crippen molar-refractivity contribution in [2.75, 3.05) is 5.75 Å². The molecule has 0 spiro atoms. The van der Waals surface area contributed by atoms with Crippen LogP contribution in [-0.4, -0.2) is 15.7 Å². The number of aromatic amines is 1. The average Bonchev–Trinajstić information content (AvgIpc) is 2.46. The van der Waals surface area contributed by atoms with Crippen LogP contribution in [0.4, 0.5) is 0 Å². The van der Waals surface area contributed by atoms with Gasteiger partial charge in [-0.15, -0.1) is 0 Å². The first kappa shape index (κ1) is 13.2. The van der Waals surface area contributed by atoms with Gasteiger partial charge >= 0.3 is 0 Å². The summed E-state index contributed by atoms with van der Waals surface area (Å²) < 4.78 is 0. The van der Waals surface area contributed by atoms with Crippen LogP contribution in [0.25, 0.3) is 0 Å². The van der Waals surface area contributed by atoms with Gasteiger partial charge in [-0.1, -0.05) is 31.0 Å². The number of hydrogen-bond donors (Lipinski definition) is 1. The fraction of sp³-hybridized carbons (Fsp3) is 0.733. The summed E-state index contributed by atoms with van der Waals surface area (Å²) in [6.07, 6.45) is 11.0. The van der Waals surface area contributed by atoms with E-state index in [9.17, 15) is 4.79 Å². The first-order valence-corrected chi connectivity index (χ1v) is 8.56. The highest BCUT2D eigenvalue weighted by Gasteiger charge is 2.17. The van der Waals surface area contributed by atoms with E-state index in [2.05, 4.69) is 9.97 Å². The molecule has 1 aromatic rings. The van der Waals surface area contributed by atoms with Crippen LogP contribution in [0.1, 0.15) is 56.2 Å². The Hall–Kier alpha value is -0.770. The van der Waals surface area contributed by atoms with Crippen LogP contribution < -0.4 is 5.56 Å². The van der Waals surface area contributed by atoms with Crippen molar-refractivity contribution in [3.63, 3.8) is 0 Å². The molecule has 0 aromatic carbocycles. The number of nitrogens with zero attached hydrogens (tertiary/aromatic N) is 1. The van der Waals surface area contributed by atoms with Crippen LogP contribution in [0.5, 0.6) is 0 Å². The molecule has 0 radical (unpaired) electrons. The molecule has 1 saturated carbocycles. The Bertz CT molecular complexity index is 491. The van der Waals surface area contributed by atoms with Crippen molar-refractivity contribution >= 4 is 11.8 Å². The van der Waals surface area contributed by atoms with Crippen LogP contribution in [0.15, 0.2) is 9.95 Å². The van der Waals surface area contributed by atoms with Gasteiger partial charge in [0.15, 0.2) is 5.16 Å². The molecule has 1 aromatic heterocycles. The number of aromatic nitrogens is 2. The Morgan fingerprint density at radius 2 is 1.89 bits per heavy atom. The van der Waals surface area contributed by atoms with Crippen LogP contribution in [0.2, 0.25) is 0 Å². The minimum absolute atomic E-state index is 0.107. The summed E-state index contributed by atoms with van der Waals surface area (Å²) in [6, 6.07) is 0. The maximum absolute atomic E-state index is 12.0. The van der Waals surface area contributed by atoms with Gasteiger partial charge < -0.3 is 4.98 Å². The zero-order chi connectivity index (χ0) is 13.1. The van der Waals surface area contributed by atoms with Crippen molar-refractivity contribution < 1.29 is 0 Å². The SMILES string of the molecule is O=c1[nH]c(SCC2CCCCC2)nc2c1CCCC2. The Kier molecular flexibility index (Phi) is 4.26. The maximum atomic E-state index is 12.0. The normalized spacial score (nSPS) is 20.2. The van der Waals surface area contributed by atoms with E-state index in [1.54, 1.807) is 11.8 Å². The van der Waals surface area contributed by atoms with Gasteiger partial charge in [0, 0.05) is 11.3 Å². The molecule has 2 aliphatic rings. The Balaban J connectivity index is 1.67. The van der Waals surface area contributed by atoms with Crippen molar-refractivity contribution in [2.24, 2.45) is 5.92 Å². The van der Waals surface area contributed by atoms with Crippen molar-refractivity contribution in [1.29, 1.82) is 0 Å². The van der Waals surface area contributed by atoms with Gasteiger partial charge in [0.2, 0.25) is 0 Å². The first-order valence-electron chi connectivity index (χ1n) is 7.58. The average molecular weight is 278 g/mol. The van der Waals surface area contributed by atoms with Crippen LogP contribution >= 0.6 is 11.8 Å². The molecule has 2 aliphatic carbocycles. The fourth-order valence-corrected chi connectivity index (χ4v) is 4.27. The lowest BCUT2D eigenvalue weighted by atomic mass is 9.91. The standard InChI is InChI=1S/C15H22N2OS/c18-14-12-8-4-5-9-13(12)16-15(17-14)19-10-11-6-2-1-3-7-11/h11H,1-10H2,(H,16,17,18). The van der Waals surface area contributed by atoms with Gasteiger partial charge in [-0.2, -0.15) is 0 Å². The van der Waals surface area contributed by atoms with Crippen molar-refractivity contribution in [3.05, 3.63) is 21.6 Å². The maximum Gasteiger partial charge on any atom is 0.254 e. The summed E-state index contributed by atoms with van der Waals surface area (Å²) in [5.41, 5.74) is 2.10. The number of thioether (sulfide) groups is 1. The molecule has 3 nitrogen and oxygen atoms in total. The summed E-state index contributed by atoms with van der Waals surface area (Å²) in [7, 11) is 0. The summed E-state index contributed by atoms with van der Waals surface area (Å²) in [6.45, 7) is 0. The molecule has 1 fully saturated rings. The van der Waals surface area contributed by atoms with Crippen LogP contribution in [0.3, 0.4) is 0 Å². The van der Waals surface area contributed by atoms with Crippen molar-refractivity contribution in [2.45, 2.75) is 62.9 Å². The summed E-state index contributed by atoms with van der Waals surface area (Å²) in [4.78, 5) is 19.7. The number of fused-ring (bicyclic) bond motifs is 1. The third-order valence-electron chi connectivity index (χ3n) is 4.35. The third kappa shape index (κ3) is 3.22. The molecule has 3 rings (SSSR count). The van der Waals surface area contributed by atoms with E-state index in [4.69, 9.17) is 0 Å². The quantitative estimate of drug-likeness (QED) is 0.681. The first-order chi connectivity index (χ1) is 9.33. The smallest absolute Gasteiger partial charge is 0.254 e. The largest absolute Gasteiger partial charge is 0.301 e. The topological polar surface area (TPSA) is 45.8 Å². The lowest BCUT2D eigenvalue weighted by Gasteiger charge is -2.21. The molecule has 1 heterocycles. The molecular formula is C15H22N2OS. The van der Waals surface area contributed by atoms with Gasteiger partial charge in [-0.05, 0) is 44.4 Å². The van der Waals surface area contributed by atoms with Crippen LogP contribution in [-0.2, 0) is 12.8 Å². The molecule has 0 saturated heterocycles. The zero-order valence-electron chi connectivity index (χ0n) is 11.4. The number of aryl methyl sites for hydroxylation is 1. The zero-order valence-corrected chi connectivity index (χ0v) is 12.2. The van der Waals surface area contributed by atoms with Gasteiger partial charge in [0.25, 0.3) is 5.56 Å². The van der Waals surface area contributed by atoms with E-state index in [1.165, 1.54) is 38.5 Å². The second-order valence-corrected chi connectivity index (χ2v) is 6.83. The van der Waals surface area contributed by atoms with E-state index in [0.717, 1.165) is 47.3 Å². The lowest BCUT2D eigenvalue weighted by molar-refractivity contribution is 0.390. The lowest BCUT2D eigenvalue weighted by Crippen LogP contribution is -2.21. The van der Waals surface area contributed by atoms with Gasteiger partial charge in [-0.25, -0.2) is 4.98 Å². The van der Waals surface area contributed by atoms with Gasteiger partial charge in [0.05, 0.1) is 5.69 Å². The number of rotatable bonds is 3. The molecule has 0 bridgehead atoms. The van der Waals surface area contributed by atoms with E-state index < -0.39 is 0 Å². The highest BCUT2D eigenvalue weighted by molar-refractivity contribution is 7.99. The summed E-state index contributed by atoms with van der Waals surface area (Å²) in [5.74, 6) is 1.93. The van der Waals surface area contributed by atoms with Crippen molar-refractivity contribution in [3.8, 4) is 0 Å². The van der Waals surface area contributed by atoms with Crippen LogP contribution in [0, 0.1) is 5.92 Å². The molecule has 19 heavy (non-hydrogen) atoms. The molecule has 1 N–H and O–H groups in total. The second kappa shape index (κ2) is 6.12. The predicted molar refractivity (Wildman–Crippen MR) is 78.8 cm³/mol. The predicted octanol–water partition coefficient (Wildman–Crippen LogP) is 3.32. The third-order valence-corrected chi connectivity index (χ3v) is 5.46. The van der Waals surface area contributed by atoms with E-state index >= 15 is 0 Å². The summed E-state index contributed by atoms with van der Waals surface area (Å²) >= 11 is 1.75. The highest BCUT2D eigenvalue weighted by atomic mass is 32.2. The minimum atomic E-state index is 0.107.